The van der Waals surface area contributed by atoms with Crippen LogP contribution < -0.4 is 5.32 Å². The minimum atomic E-state index is 0.731. The Morgan fingerprint density at radius 1 is 1.44 bits per heavy atom. The molecule has 0 bridgehead atoms. The number of rotatable bonds is 4. The van der Waals surface area contributed by atoms with Crippen LogP contribution >= 0.6 is 22.9 Å². The molecule has 1 N–H and O–H groups in total. The molecule has 0 atom stereocenters. The molecule has 6 heteroatoms. The van der Waals surface area contributed by atoms with E-state index in [1.807, 2.05) is 17.9 Å². The summed E-state index contributed by atoms with van der Waals surface area (Å²) in [7, 11) is 1.94. The fourth-order valence-corrected chi connectivity index (χ4v) is 2.32. The van der Waals surface area contributed by atoms with Crippen molar-refractivity contribution in [3.05, 3.63) is 33.0 Å². The lowest BCUT2D eigenvalue weighted by Gasteiger charge is -2.02. The second kappa shape index (κ2) is 4.95. The van der Waals surface area contributed by atoms with E-state index in [1.54, 1.807) is 6.20 Å². The molecule has 0 radical (unpaired) electrons. The van der Waals surface area contributed by atoms with Crippen molar-refractivity contribution in [2.24, 2.45) is 7.05 Å². The van der Waals surface area contributed by atoms with Crippen molar-refractivity contribution in [3.63, 3.8) is 0 Å². The molecule has 0 aliphatic rings. The molecule has 0 saturated heterocycles. The number of nitrogens with one attached hydrogen (secondary N) is 1. The number of hydrogen-bond donors (Lipinski definition) is 1. The molecule has 0 fully saturated rings. The van der Waals surface area contributed by atoms with E-state index in [9.17, 15) is 0 Å². The monoisotopic (exact) mass is 256 g/mol. The largest absolute Gasteiger partial charge is 0.306 e. The van der Waals surface area contributed by atoms with Crippen molar-refractivity contribution in [2.75, 3.05) is 0 Å². The molecule has 0 saturated carbocycles. The van der Waals surface area contributed by atoms with Gasteiger partial charge in [-0.05, 0) is 6.92 Å². The second-order valence-electron chi connectivity index (χ2n) is 3.54. The molecule has 0 aliphatic heterocycles. The average molecular weight is 257 g/mol. The Kier molecular flexibility index (Phi) is 3.58. The minimum Gasteiger partial charge on any atom is -0.306 e. The normalized spacial score (nSPS) is 10.9. The van der Waals surface area contributed by atoms with E-state index in [-0.39, 0.29) is 0 Å². The van der Waals surface area contributed by atoms with E-state index in [0.717, 1.165) is 22.4 Å². The van der Waals surface area contributed by atoms with Crippen LogP contribution in [0.25, 0.3) is 0 Å². The molecule has 2 aromatic rings. The van der Waals surface area contributed by atoms with E-state index in [0.29, 0.717) is 0 Å². The SMILES string of the molecule is Cc1c(CNCc2ncc(Cl)s2)cnn1C. The van der Waals surface area contributed by atoms with Gasteiger partial charge in [0, 0.05) is 31.4 Å². The fourth-order valence-electron chi connectivity index (χ4n) is 1.39. The first-order valence-electron chi connectivity index (χ1n) is 4.95. The van der Waals surface area contributed by atoms with Crippen molar-refractivity contribution >= 4 is 22.9 Å². The van der Waals surface area contributed by atoms with Crippen LogP contribution in [-0.2, 0) is 20.1 Å². The zero-order valence-corrected chi connectivity index (χ0v) is 10.8. The lowest BCUT2D eigenvalue weighted by molar-refractivity contribution is 0.682. The van der Waals surface area contributed by atoms with Crippen LogP contribution in [0.2, 0.25) is 4.34 Å². The third kappa shape index (κ3) is 2.61. The van der Waals surface area contributed by atoms with Crippen molar-refractivity contribution in [3.8, 4) is 0 Å². The highest BCUT2D eigenvalue weighted by atomic mass is 35.5. The highest BCUT2D eigenvalue weighted by Gasteiger charge is 2.04. The molecule has 0 amide bonds. The van der Waals surface area contributed by atoms with Gasteiger partial charge < -0.3 is 5.32 Å². The lowest BCUT2D eigenvalue weighted by Crippen LogP contribution is -2.12. The Bertz CT molecular complexity index is 477. The van der Waals surface area contributed by atoms with Crippen molar-refractivity contribution in [1.29, 1.82) is 0 Å². The van der Waals surface area contributed by atoms with Gasteiger partial charge in [0.15, 0.2) is 0 Å². The Hall–Kier alpha value is -0.910. The van der Waals surface area contributed by atoms with Gasteiger partial charge in [-0.1, -0.05) is 11.6 Å². The summed E-state index contributed by atoms with van der Waals surface area (Å²) in [6.07, 6.45) is 3.57. The molecule has 2 aromatic heterocycles. The van der Waals surface area contributed by atoms with Crippen LogP contribution in [0.15, 0.2) is 12.4 Å². The van der Waals surface area contributed by atoms with Crippen LogP contribution in [0.4, 0.5) is 0 Å². The fraction of sp³-hybridized carbons (Fsp3) is 0.400. The average Bonchev–Trinajstić information content (AvgIpc) is 2.79. The van der Waals surface area contributed by atoms with Gasteiger partial charge >= 0.3 is 0 Å². The minimum absolute atomic E-state index is 0.731. The maximum atomic E-state index is 5.80. The zero-order valence-electron chi connectivity index (χ0n) is 9.20. The molecule has 4 nitrogen and oxygen atoms in total. The van der Waals surface area contributed by atoms with E-state index >= 15 is 0 Å². The summed E-state index contributed by atoms with van der Waals surface area (Å²) in [6.45, 7) is 3.60. The highest BCUT2D eigenvalue weighted by Crippen LogP contribution is 2.17. The van der Waals surface area contributed by atoms with Gasteiger partial charge in [-0.2, -0.15) is 5.10 Å². The van der Waals surface area contributed by atoms with E-state index in [2.05, 4.69) is 22.3 Å². The van der Waals surface area contributed by atoms with Gasteiger partial charge in [0.25, 0.3) is 0 Å². The van der Waals surface area contributed by atoms with E-state index in [1.165, 1.54) is 22.6 Å². The van der Waals surface area contributed by atoms with Gasteiger partial charge in [-0.25, -0.2) is 4.98 Å². The molecule has 86 valence electrons. The Morgan fingerprint density at radius 3 is 2.81 bits per heavy atom. The number of halogens is 1. The van der Waals surface area contributed by atoms with Crippen LogP contribution in [0, 0.1) is 6.92 Å². The highest BCUT2D eigenvalue weighted by molar-refractivity contribution is 7.15. The van der Waals surface area contributed by atoms with Crippen LogP contribution in [0.5, 0.6) is 0 Å². The number of nitrogens with zero attached hydrogens (tertiary/aromatic N) is 3. The molecular weight excluding hydrogens is 244 g/mol. The maximum Gasteiger partial charge on any atom is 0.113 e. The first kappa shape index (κ1) is 11.6. The third-order valence-corrected chi connectivity index (χ3v) is 3.57. The summed E-state index contributed by atoms with van der Waals surface area (Å²) in [5.41, 5.74) is 2.40. The molecule has 2 rings (SSSR count). The predicted molar refractivity (Wildman–Crippen MR) is 65.6 cm³/mol. The summed E-state index contributed by atoms with van der Waals surface area (Å²) < 4.78 is 2.60. The summed E-state index contributed by atoms with van der Waals surface area (Å²) in [6, 6.07) is 0. The lowest BCUT2D eigenvalue weighted by atomic mass is 10.2. The molecule has 2 heterocycles. The second-order valence-corrected chi connectivity index (χ2v) is 5.29. The Labute approximate surface area is 103 Å². The van der Waals surface area contributed by atoms with Crippen LogP contribution in [0.1, 0.15) is 16.3 Å². The first-order chi connectivity index (χ1) is 7.66. The summed E-state index contributed by atoms with van der Waals surface area (Å²) >= 11 is 7.30. The topological polar surface area (TPSA) is 42.7 Å². The molecule has 0 spiro atoms. The zero-order chi connectivity index (χ0) is 11.5. The van der Waals surface area contributed by atoms with E-state index < -0.39 is 0 Å². The summed E-state index contributed by atoms with van der Waals surface area (Å²) in [5, 5.41) is 8.52. The van der Waals surface area contributed by atoms with Crippen LogP contribution in [0.3, 0.4) is 0 Å². The third-order valence-electron chi connectivity index (χ3n) is 2.45. The molecular formula is C10H13ClN4S. The number of aryl methyl sites for hydroxylation is 1. The number of hydrogen-bond acceptors (Lipinski definition) is 4. The van der Waals surface area contributed by atoms with Gasteiger partial charge in [0.2, 0.25) is 0 Å². The smallest absolute Gasteiger partial charge is 0.113 e. The maximum absolute atomic E-state index is 5.80. The van der Waals surface area contributed by atoms with Crippen molar-refractivity contribution in [2.45, 2.75) is 20.0 Å². The molecule has 0 unspecified atom stereocenters. The molecule has 0 aromatic carbocycles. The van der Waals surface area contributed by atoms with Crippen LogP contribution in [-0.4, -0.2) is 14.8 Å². The van der Waals surface area contributed by atoms with Crippen molar-refractivity contribution < 1.29 is 0 Å². The van der Waals surface area contributed by atoms with Gasteiger partial charge in [0.05, 0.1) is 12.4 Å². The van der Waals surface area contributed by atoms with Crippen molar-refractivity contribution in [1.82, 2.24) is 20.1 Å². The Balaban J connectivity index is 1.86. The summed E-state index contributed by atoms with van der Waals surface area (Å²) in [5.74, 6) is 0. The predicted octanol–water partition coefficient (Wildman–Crippen LogP) is 2.13. The number of thiazole rings is 1. The standard InChI is InChI=1S/C10H13ClN4S/c1-7-8(4-14-15(7)2)3-12-6-10-13-5-9(11)16-10/h4-5,12H,3,6H2,1-2H3. The first-order valence-corrected chi connectivity index (χ1v) is 6.14. The number of aromatic nitrogens is 3. The van der Waals surface area contributed by atoms with Gasteiger partial charge in [-0.15, -0.1) is 11.3 Å². The van der Waals surface area contributed by atoms with Gasteiger partial charge in [0.1, 0.15) is 9.34 Å². The van der Waals surface area contributed by atoms with Gasteiger partial charge in [-0.3, -0.25) is 4.68 Å². The molecule has 16 heavy (non-hydrogen) atoms. The Morgan fingerprint density at radius 2 is 2.25 bits per heavy atom. The van der Waals surface area contributed by atoms with E-state index in [4.69, 9.17) is 11.6 Å². The quantitative estimate of drug-likeness (QED) is 0.911. The molecule has 0 aliphatic carbocycles. The summed E-state index contributed by atoms with van der Waals surface area (Å²) in [4.78, 5) is 4.18.